The lowest BCUT2D eigenvalue weighted by molar-refractivity contribution is 0.191. The molecule has 0 saturated carbocycles. The molecule has 1 atom stereocenters. The molecular weight excluding hydrogens is 116 g/mol. The van der Waals surface area contributed by atoms with Crippen molar-refractivity contribution < 1.29 is 5.11 Å². The Labute approximate surface area is 55.6 Å². The number of rotatable bonds is 3. The van der Waals surface area contributed by atoms with Crippen LogP contribution in [0.4, 0.5) is 0 Å². The summed E-state index contributed by atoms with van der Waals surface area (Å²) in [5.74, 6) is 0. The Morgan fingerprint density at radius 2 is 2.33 bits per heavy atom. The number of aliphatic hydroxyl groups is 1. The smallest absolute Gasteiger partial charge is 0.122 e. The van der Waals surface area contributed by atoms with Crippen LogP contribution in [0.25, 0.3) is 0 Å². The fourth-order valence-electron chi connectivity index (χ4n) is 0.361. The summed E-state index contributed by atoms with van der Waals surface area (Å²) in [5, 5.41) is 8.57. The van der Waals surface area contributed by atoms with Crippen LogP contribution in [0.1, 0.15) is 20.3 Å². The van der Waals surface area contributed by atoms with Crippen LogP contribution in [0.5, 0.6) is 0 Å². The zero-order chi connectivity index (χ0) is 7.28. The number of aliphatic imine (C=N–C) groups is 1. The standard InChI is InChI=1S/C6H14N2O/c1-3-5(2)8-4-6(7)9/h6,9H,3-4,7H2,1-2H3/t6-/m0/s1. The number of hydrogen-bond donors (Lipinski definition) is 2. The van der Waals surface area contributed by atoms with E-state index < -0.39 is 6.23 Å². The van der Waals surface area contributed by atoms with Crippen molar-refractivity contribution in [3.63, 3.8) is 0 Å². The maximum atomic E-state index is 8.57. The highest BCUT2D eigenvalue weighted by molar-refractivity contribution is 5.81. The van der Waals surface area contributed by atoms with Gasteiger partial charge in [0, 0.05) is 5.71 Å². The summed E-state index contributed by atoms with van der Waals surface area (Å²) in [5.41, 5.74) is 6.07. The van der Waals surface area contributed by atoms with Gasteiger partial charge in [-0.15, -0.1) is 0 Å². The molecule has 0 unspecified atom stereocenters. The van der Waals surface area contributed by atoms with Crippen LogP contribution >= 0.6 is 0 Å². The monoisotopic (exact) mass is 130 g/mol. The summed E-state index contributed by atoms with van der Waals surface area (Å²) in [7, 11) is 0. The van der Waals surface area contributed by atoms with Gasteiger partial charge in [-0.25, -0.2) is 0 Å². The van der Waals surface area contributed by atoms with Crippen molar-refractivity contribution in [1.82, 2.24) is 0 Å². The second-order valence-electron chi connectivity index (χ2n) is 2.00. The fraction of sp³-hybridized carbons (Fsp3) is 0.833. The molecule has 0 aromatic carbocycles. The Morgan fingerprint density at radius 3 is 2.67 bits per heavy atom. The molecule has 3 nitrogen and oxygen atoms in total. The van der Waals surface area contributed by atoms with Gasteiger partial charge in [0.2, 0.25) is 0 Å². The molecule has 0 aliphatic heterocycles. The van der Waals surface area contributed by atoms with Crippen LogP contribution in [-0.4, -0.2) is 23.6 Å². The lowest BCUT2D eigenvalue weighted by atomic mass is 10.3. The third kappa shape index (κ3) is 5.46. The largest absolute Gasteiger partial charge is 0.377 e. The van der Waals surface area contributed by atoms with E-state index in [4.69, 9.17) is 10.8 Å². The maximum Gasteiger partial charge on any atom is 0.122 e. The minimum absolute atomic E-state index is 0.319. The molecule has 0 radical (unpaired) electrons. The molecule has 3 N–H and O–H groups in total. The molecule has 0 aliphatic rings. The first-order valence-electron chi connectivity index (χ1n) is 3.10. The SMILES string of the molecule is CCC(C)=NC[C@@H](N)O. The van der Waals surface area contributed by atoms with Gasteiger partial charge in [0.25, 0.3) is 0 Å². The number of hydrogen-bond acceptors (Lipinski definition) is 3. The molecule has 0 saturated heterocycles. The molecule has 54 valence electrons. The molecule has 0 bridgehead atoms. The van der Waals surface area contributed by atoms with Crippen molar-refractivity contribution in [2.24, 2.45) is 10.7 Å². The maximum absolute atomic E-state index is 8.57. The Bertz CT molecular complexity index is 99.2. The molecule has 0 aromatic heterocycles. The first-order chi connectivity index (χ1) is 4.16. The molecule has 0 aliphatic carbocycles. The van der Waals surface area contributed by atoms with Crippen molar-refractivity contribution in [2.45, 2.75) is 26.5 Å². The summed E-state index contributed by atoms with van der Waals surface area (Å²) < 4.78 is 0. The molecule has 9 heavy (non-hydrogen) atoms. The molecule has 0 rings (SSSR count). The lowest BCUT2D eigenvalue weighted by Crippen LogP contribution is -2.22. The zero-order valence-electron chi connectivity index (χ0n) is 5.96. The normalized spacial score (nSPS) is 15.8. The summed E-state index contributed by atoms with van der Waals surface area (Å²) in [6.07, 6.45) is 0.124. The molecule has 0 amide bonds. The van der Waals surface area contributed by atoms with Crippen molar-refractivity contribution in [1.29, 1.82) is 0 Å². The Kier molecular flexibility index (Phi) is 4.26. The topological polar surface area (TPSA) is 58.6 Å². The van der Waals surface area contributed by atoms with E-state index in [2.05, 4.69) is 4.99 Å². The number of nitrogens with zero attached hydrogens (tertiary/aromatic N) is 1. The summed E-state index contributed by atoms with van der Waals surface area (Å²) in [6.45, 7) is 4.25. The summed E-state index contributed by atoms with van der Waals surface area (Å²) in [6, 6.07) is 0. The van der Waals surface area contributed by atoms with Crippen molar-refractivity contribution >= 4 is 5.71 Å². The van der Waals surface area contributed by atoms with E-state index in [0.29, 0.717) is 6.54 Å². The van der Waals surface area contributed by atoms with Crippen molar-refractivity contribution in [2.75, 3.05) is 6.54 Å². The van der Waals surface area contributed by atoms with Crippen molar-refractivity contribution in [3.05, 3.63) is 0 Å². The number of nitrogens with two attached hydrogens (primary N) is 1. The fourth-order valence-corrected chi connectivity index (χ4v) is 0.361. The second-order valence-corrected chi connectivity index (χ2v) is 2.00. The zero-order valence-corrected chi connectivity index (χ0v) is 5.96. The Balaban J connectivity index is 3.43. The molecule has 3 heteroatoms. The average molecular weight is 130 g/mol. The van der Waals surface area contributed by atoms with E-state index in [9.17, 15) is 0 Å². The highest BCUT2D eigenvalue weighted by atomic mass is 16.3. The van der Waals surface area contributed by atoms with Crippen LogP contribution in [-0.2, 0) is 0 Å². The number of aliphatic hydroxyl groups excluding tert-OH is 1. The van der Waals surface area contributed by atoms with E-state index in [-0.39, 0.29) is 0 Å². The second kappa shape index (κ2) is 4.47. The Morgan fingerprint density at radius 1 is 1.78 bits per heavy atom. The van der Waals surface area contributed by atoms with Gasteiger partial charge >= 0.3 is 0 Å². The summed E-state index contributed by atoms with van der Waals surface area (Å²) >= 11 is 0. The molecule has 0 spiro atoms. The van der Waals surface area contributed by atoms with E-state index in [1.54, 1.807) is 0 Å². The molecule has 0 heterocycles. The van der Waals surface area contributed by atoms with E-state index >= 15 is 0 Å². The third-order valence-corrected chi connectivity index (χ3v) is 1.06. The third-order valence-electron chi connectivity index (χ3n) is 1.06. The van der Waals surface area contributed by atoms with Gasteiger partial charge in [0.15, 0.2) is 0 Å². The van der Waals surface area contributed by atoms with Gasteiger partial charge in [-0.2, -0.15) is 0 Å². The molecule has 0 fully saturated rings. The van der Waals surface area contributed by atoms with Crippen LogP contribution in [0.3, 0.4) is 0 Å². The van der Waals surface area contributed by atoms with Crippen molar-refractivity contribution in [3.8, 4) is 0 Å². The molecule has 0 aromatic rings. The molecular formula is C6H14N2O. The van der Waals surface area contributed by atoms with E-state index in [1.807, 2.05) is 13.8 Å². The van der Waals surface area contributed by atoms with Crippen LogP contribution in [0.2, 0.25) is 0 Å². The van der Waals surface area contributed by atoms with Crippen LogP contribution in [0, 0.1) is 0 Å². The first-order valence-corrected chi connectivity index (χ1v) is 3.10. The highest BCUT2D eigenvalue weighted by Crippen LogP contribution is 1.84. The predicted molar refractivity (Wildman–Crippen MR) is 38.5 cm³/mol. The van der Waals surface area contributed by atoms with E-state index in [0.717, 1.165) is 12.1 Å². The van der Waals surface area contributed by atoms with Gasteiger partial charge in [-0.1, -0.05) is 6.92 Å². The first kappa shape index (κ1) is 8.59. The minimum Gasteiger partial charge on any atom is -0.377 e. The predicted octanol–water partition coefficient (Wildman–Crippen LogP) is 0.134. The van der Waals surface area contributed by atoms with Crippen LogP contribution in [0.15, 0.2) is 4.99 Å². The lowest BCUT2D eigenvalue weighted by Gasteiger charge is -1.98. The van der Waals surface area contributed by atoms with Gasteiger partial charge < -0.3 is 10.8 Å². The van der Waals surface area contributed by atoms with Gasteiger partial charge in [-0.3, -0.25) is 4.99 Å². The minimum atomic E-state index is -0.800. The van der Waals surface area contributed by atoms with Gasteiger partial charge in [0.05, 0.1) is 6.54 Å². The van der Waals surface area contributed by atoms with Gasteiger partial charge in [0.1, 0.15) is 6.23 Å². The van der Waals surface area contributed by atoms with E-state index in [1.165, 1.54) is 0 Å². The highest BCUT2D eigenvalue weighted by Gasteiger charge is 1.91. The van der Waals surface area contributed by atoms with Gasteiger partial charge in [-0.05, 0) is 13.3 Å². The quantitative estimate of drug-likeness (QED) is 0.421. The van der Waals surface area contributed by atoms with Crippen LogP contribution < -0.4 is 5.73 Å². The summed E-state index contributed by atoms with van der Waals surface area (Å²) in [4.78, 5) is 3.98. The average Bonchev–Trinajstić information content (AvgIpc) is 1.83. The Hall–Kier alpha value is -0.410.